The van der Waals surface area contributed by atoms with Crippen LogP contribution in [0.5, 0.6) is 0 Å². The first-order valence-electron chi connectivity index (χ1n) is 6.36. The second-order valence-corrected chi connectivity index (χ2v) is 5.90. The Morgan fingerprint density at radius 1 is 1.55 bits per heavy atom. The number of halogens is 2. The molecule has 0 saturated heterocycles. The van der Waals surface area contributed by atoms with Gasteiger partial charge in [0.2, 0.25) is 5.91 Å². The van der Waals surface area contributed by atoms with Crippen molar-refractivity contribution in [2.24, 2.45) is 5.73 Å². The largest absolute Gasteiger partial charge is 0.344 e. The Bertz CT molecular complexity index is 412. The van der Waals surface area contributed by atoms with Gasteiger partial charge in [0.1, 0.15) is 5.01 Å². The number of rotatable bonds is 6. The highest BCUT2D eigenvalue weighted by Crippen LogP contribution is 2.27. The summed E-state index contributed by atoms with van der Waals surface area (Å²) in [6, 6.07) is 0.0609. The number of aryl methyl sites for hydroxylation is 1. The number of nitrogens with one attached hydrogen (secondary N) is 1. The average molecular weight is 342 g/mol. The van der Waals surface area contributed by atoms with Crippen molar-refractivity contribution in [1.29, 1.82) is 0 Å². The Hall–Kier alpha value is -0.360. The molecule has 1 aromatic rings. The van der Waals surface area contributed by atoms with Gasteiger partial charge in [0, 0.05) is 23.5 Å². The molecule has 2 unspecified atom stereocenters. The van der Waals surface area contributed by atoms with Crippen molar-refractivity contribution >= 4 is 42.1 Å². The van der Waals surface area contributed by atoms with Gasteiger partial charge < -0.3 is 11.1 Å². The quantitative estimate of drug-likeness (QED) is 0.834. The van der Waals surface area contributed by atoms with Gasteiger partial charge >= 0.3 is 0 Å². The fourth-order valence-corrected chi connectivity index (χ4v) is 2.62. The van der Waals surface area contributed by atoms with Gasteiger partial charge in [0.25, 0.3) is 0 Å². The standard InChI is InChI=1S/C13H23N3OS.2ClH/c1-5-13(4,12-15-10(3)8-18-12)16-11(17)7-6-9(2)14;;/h8-9H,5-7,14H2,1-4H3,(H,16,17);2*1H. The first kappa shape index (κ1) is 21.9. The molecule has 1 amide bonds. The van der Waals surface area contributed by atoms with E-state index in [2.05, 4.69) is 17.2 Å². The van der Waals surface area contributed by atoms with Gasteiger partial charge in [0.05, 0.1) is 5.54 Å². The molecule has 0 saturated carbocycles. The Morgan fingerprint density at radius 2 is 2.15 bits per heavy atom. The maximum absolute atomic E-state index is 11.9. The molecule has 0 bridgehead atoms. The lowest BCUT2D eigenvalue weighted by Crippen LogP contribution is -2.43. The van der Waals surface area contributed by atoms with Crippen LogP contribution in [0.15, 0.2) is 5.38 Å². The van der Waals surface area contributed by atoms with E-state index in [9.17, 15) is 4.79 Å². The summed E-state index contributed by atoms with van der Waals surface area (Å²) < 4.78 is 0. The number of amides is 1. The summed E-state index contributed by atoms with van der Waals surface area (Å²) in [6.07, 6.45) is 2.00. The lowest BCUT2D eigenvalue weighted by atomic mass is 9.99. The van der Waals surface area contributed by atoms with Crippen molar-refractivity contribution < 1.29 is 4.79 Å². The first-order valence-corrected chi connectivity index (χ1v) is 7.24. The number of hydrogen-bond acceptors (Lipinski definition) is 4. The number of carbonyl (C=O) groups excluding carboxylic acids is 1. The zero-order valence-electron chi connectivity index (χ0n) is 12.4. The molecular weight excluding hydrogens is 317 g/mol. The summed E-state index contributed by atoms with van der Waals surface area (Å²) in [5, 5.41) is 6.06. The lowest BCUT2D eigenvalue weighted by molar-refractivity contribution is -0.123. The highest BCUT2D eigenvalue weighted by molar-refractivity contribution is 7.09. The van der Waals surface area contributed by atoms with Gasteiger partial charge in [-0.2, -0.15) is 0 Å². The third kappa shape index (κ3) is 6.39. The normalized spacial score (nSPS) is 14.4. The Kier molecular flexibility index (Phi) is 10.5. The number of hydrogen-bond donors (Lipinski definition) is 2. The summed E-state index contributed by atoms with van der Waals surface area (Å²) in [6.45, 7) is 7.96. The summed E-state index contributed by atoms with van der Waals surface area (Å²) >= 11 is 1.60. The minimum atomic E-state index is -0.367. The minimum Gasteiger partial charge on any atom is -0.344 e. The molecule has 118 valence electrons. The third-order valence-corrected chi connectivity index (χ3v) is 4.26. The summed E-state index contributed by atoms with van der Waals surface area (Å²) in [5.41, 5.74) is 6.29. The zero-order valence-corrected chi connectivity index (χ0v) is 14.9. The third-order valence-electron chi connectivity index (χ3n) is 3.04. The molecule has 0 aromatic carbocycles. The number of nitrogens with zero attached hydrogens (tertiary/aromatic N) is 1. The highest BCUT2D eigenvalue weighted by Gasteiger charge is 2.29. The smallest absolute Gasteiger partial charge is 0.220 e. The second-order valence-electron chi connectivity index (χ2n) is 5.04. The van der Waals surface area contributed by atoms with Gasteiger partial charge in [-0.3, -0.25) is 4.79 Å². The molecule has 20 heavy (non-hydrogen) atoms. The molecule has 3 N–H and O–H groups in total. The molecule has 0 radical (unpaired) electrons. The van der Waals surface area contributed by atoms with Crippen molar-refractivity contribution in [2.75, 3.05) is 0 Å². The van der Waals surface area contributed by atoms with E-state index >= 15 is 0 Å². The molecular formula is C13H25Cl2N3OS. The molecule has 0 spiro atoms. The van der Waals surface area contributed by atoms with Crippen molar-refractivity contribution in [3.8, 4) is 0 Å². The maximum atomic E-state index is 11.9. The van der Waals surface area contributed by atoms with Crippen LogP contribution < -0.4 is 11.1 Å². The van der Waals surface area contributed by atoms with Crippen LogP contribution in [0.1, 0.15) is 50.7 Å². The molecule has 2 atom stereocenters. The van der Waals surface area contributed by atoms with Crippen LogP contribution in [0.25, 0.3) is 0 Å². The van der Waals surface area contributed by atoms with Crippen LogP contribution in [0.2, 0.25) is 0 Å². The molecule has 7 heteroatoms. The van der Waals surface area contributed by atoms with Crippen LogP contribution in [0.3, 0.4) is 0 Å². The average Bonchev–Trinajstić information content (AvgIpc) is 2.73. The zero-order chi connectivity index (χ0) is 13.8. The van der Waals surface area contributed by atoms with E-state index < -0.39 is 0 Å². The van der Waals surface area contributed by atoms with Gasteiger partial charge in [-0.15, -0.1) is 36.2 Å². The van der Waals surface area contributed by atoms with E-state index in [-0.39, 0.29) is 42.3 Å². The van der Waals surface area contributed by atoms with Crippen LogP contribution in [0.4, 0.5) is 0 Å². The maximum Gasteiger partial charge on any atom is 0.220 e. The first-order chi connectivity index (χ1) is 8.37. The van der Waals surface area contributed by atoms with Gasteiger partial charge in [-0.25, -0.2) is 4.98 Å². The van der Waals surface area contributed by atoms with E-state index in [1.807, 2.05) is 26.2 Å². The predicted octanol–water partition coefficient (Wildman–Crippen LogP) is 3.16. The van der Waals surface area contributed by atoms with Crippen molar-refractivity contribution in [1.82, 2.24) is 10.3 Å². The molecule has 0 fully saturated rings. The summed E-state index contributed by atoms with van der Waals surface area (Å²) in [5.74, 6) is 0.0458. The molecule has 0 aliphatic carbocycles. The molecule has 4 nitrogen and oxygen atoms in total. The molecule has 0 aliphatic rings. The van der Waals surface area contributed by atoms with Crippen LogP contribution >= 0.6 is 36.2 Å². The Balaban J connectivity index is 0. The topological polar surface area (TPSA) is 68.0 Å². The monoisotopic (exact) mass is 341 g/mol. The molecule has 1 aromatic heterocycles. The van der Waals surface area contributed by atoms with E-state index in [4.69, 9.17) is 5.73 Å². The fourth-order valence-electron chi connectivity index (χ4n) is 1.63. The van der Waals surface area contributed by atoms with Crippen LogP contribution in [-0.4, -0.2) is 16.9 Å². The van der Waals surface area contributed by atoms with Crippen molar-refractivity contribution in [2.45, 2.75) is 58.5 Å². The minimum absolute atomic E-state index is 0. The van der Waals surface area contributed by atoms with Gasteiger partial charge in [-0.1, -0.05) is 6.92 Å². The molecule has 0 aliphatic heterocycles. The van der Waals surface area contributed by atoms with E-state index in [1.165, 1.54) is 0 Å². The lowest BCUT2D eigenvalue weighted by Gasteiger charge is -2.27. The second kappa shape index (κ2) is 9.55. The summed E-state index contributed by atoms with van der Waals surface area (Å²) in [4.78, 5) is 16.4. The fraction of sp³-hybridized carbons (Fsp3) is 0.692. The van der Waals surface area contributed by atoms with Crippen molar-refractivity contribution in [3.63, 3.8) is 0 Å². The van der Waals surface area contributed by atoms with E-state index in [1.54, 1.807) is 11.3 Å². The number of carbonyl (C=O) groups is 1. The predicted molar refractivity (Wildman–Crippen MR) is 90.0 cm³/mol. The number of thiazole rings is 1. The van der Waals surface area contributed by atoms with Crippen LogP contribution in [0, 0.1) is 6.92 Å². The SMILES string of the molecule is CCC(C)(NC(=O)CCC(C)N)c1nc(C)cs1.Cl.Cl. The Labute approximate surface area is 137 Å². The van der Waals surface area contributed by atoms with Crippen LogP contribution in [-0.2, 0) is 10.3 Å². The summed E-state index contributed by atoms with van der Waals surface area (Å²) in [7, 11) is 0. The highest BCUT2D eigenvalue weighted by atomic mass is 35.5. The Morgan fingerprint density at radius 3 is 2.55 bits per heavy atom. The van der Waals surface area contributed by atoms with E-state index in [0.717, 1.165) is 17.1 Å². The molecule has 1 rings (SSSR count). The molecule has 1 heterocycles. The van der Waals surface area contributed by atoms with Crippen molar-refractivity contribution in [3.05, 3.63) is 16.1 Å². The number of aromatic nitrogens is 1. The van der Waals surface area contributed by atoms with E-state index in [0.29, 0.717) is 12.8 Å². The number of nitrogens with two attached hydrogens (primary N) is 1. The van der Waals surface area contributed by atoms with Gasteiger partial charge in [0.15, 0.2) is 0 Å². The van der Waals surface area contributed by atoms with Gasteiger partial charge in [-0.05, 0) is 33.6 Å².